The minimum atomic E-state index is -1.20. The molecule has 1 aromatic carbocycles. The second-order valence-electron chi connectivity index (χ2n) is 6.46. The van der Waals surface area contributed by atoms with Gasteiger partial charge in [0, 0.05) is 36.7 Å². The van der Waals surface area contributed by atoms with Crippen molar-refractivity contribution in [2.75, 3.05) is 18.0 Å². The number of nitro groups is 1. The van der Waals surface area contributed by atoms with Crippen LogP contribution in [0.4, 0.5) is 24.7 Å². The lowest BCUT2D eigenvalue weighted by Crippen LogP contribution is -2.37. The highest BCUT2D eigenvalue weighted by molar-refractivity contribution is 5.98. The number of Topliss-reactive ketones (excluding diaryl/α,β-unsaturated/α-hetero) is 1. The SMILES string of the molecule is Cc1cc(N2CCC(C(=O)c3c(F)cc(F)cc3F)CC2)ncc1[N+](=O)[O-]. The summed E-state index contributed by atoms with van der Waals surface area (Å²) in [7, 11) is 0. The van der Waals surface area contributed by atoms with Gasteiger partial charge in [-0.25, -0.2) is 18.2 Å². The van der Waals surface area contributed by atoms with Gasteiger partial charge in [-0.3, -0.25) is 14.9 Å². The summed E-state index contributed by atoms with van der Waals surface area (Å²) < 4.78 is 40.7. The molecule has 27 heavy (non-hydrogen) atoms. The van der Waals surface area contributed by atoms with Crippen LogP contribution in [0.25, 0.3) is 0 Å². The van der Waals surface area contributed by atoms with E-state index in [-0.39, 0.29) is 5.69 Å². The monoisotopic (exact) mass is 379 g/mol. The van der Waals surface area contributed by atoms with E-state index < -0.39 is 39.6 Å². The van der Waals surface area contributed by atoms with Crippen molar-refractivity contribution in [3.8, 4) is 0 Å². The largest absolute Gasteiger partial charge is 0.357 e. The summed E-state index contributed by atoms with van der Waals surface area (Å²) >= 11 is 0. The van der Waals surface area contributed by atoms with Crippen LogP contribution in [0, 0.1) is 40.4 Å². The molecule has 3 rings (SSSR count). The van der Waals surface area contributed by atoms with Gasteiger partial charge >= 0.3 is 0 Å². The summed E-state index contributed by atoms with van der Waals surface area (Å²) in [5, 5.41) is 10.9. The van der Waals surface area contributed by atoms with Gasteiger partial charge in [-0.15, -0.1) is 0 Å². The number of hydrogen-bond acceptors (Lipinski definition) is 5. The van der Waals surface area contributed by atoms with Crippen LogP contribution in [0.1, 0.15) is 28.8 Å². The smallest absolute Gasteiger partial charge is 0.290 e. The summed E-state index contributed by atoms with van der Waals surface area (Å²) in [6, 6.07) is 2.59. The maximum absolute atomic E-state index is 13.8. The first kappa shape index (κ1) is 18.8. The predicted molar refractivity (Wildman–Crippen MR) is 91.2 cm³/mol. The number of piperidine rings is 1. The summed E-state index contributed by atoms with van der Waals surface area (Å²) in [6.45, 7) is 2.43. The third-order valence-corrected chi connectivity index (χ3v) is 4.71. The van der Waals surface area contributed by atoms with Crippen molar-refractivity contribution in [2.24, 2.45) is 5.92 Å². The molecule has 0 amide bonds. The maximum atomic E-state index is 13.8. The molecule has 1 aromatic heterocycles. The van der Waals surface area contributed by atoms with E-state index in [1.807, 2.05) is 4.90 Å². The molecule has 0 spiro atoms. The van der Waals surface area contributed by atoms with E-state index in [1.165, 1.54) is 6.20 Å². The van der Waals surface area contributed by atoms with Crippen LogP contribution in [0.2, 0.25) is 0 Å². The van der Waals surface area contributed by atoms with Crippen LogP contribution in [0.3, 0.4) is 0 Å². The van der Waals surface area contributed by atoms with Crippen LogP contribution >= 0.6 is 0 Å². The summed E-state index contributed by atoms with van der Waals surface area (Å²) in [4.78, 5) is 28.8. The first-order valence-electron chi connectivity index (χ1n) is 8.32. The van der Waals surface area contributed by atoms with E-state index in [1.54, 1.807) is 13.0 Å². The molecule has 9 heteroatoms. The minimum absolute atomic E-state index is 0.0777. The molecule has 0 saturated carbocycles. The van der Waals surface area contributed by atoms with Gasteiger partial charge < -0.3 is 4.90 Å². The van der Waals surface area contributed by atoms with Crippen molar-refractivity contribution in [1.82, 2.24) is 4.98 Å². The molecule has 1 aliphatic heterocycles. The quantitative estimate of drug-likeness (QED) is 0.459. The van der Waals surface area contributed by atoms with Crippen molar-refractivity contribution < 1.29 is 22.9 Å². The summed E-state index contributed by atoms with van der Waals surface area (Å²) in [5.41, 5.74) is -0.316. The van der Waals surface area contributed by atoms with Crippen molar-refractivity contribution >= 4 is 17.3 Å². The summed E-state index contributed by atoms with van der Waals surface area (Å²) in [6.07, 6.45) is 1.87. The first-order valence-corrected chi connectivity index (χ1v) is 8.32. The Labute approximate surface area is 152 Å². The van der Waals surface area contributed by atoms with E-state index in [4.69, 9.17) is 0 Å². The number of aryl methyl sites for hydroxylation is 1. The third-order valence-electron chi connectivity index (χ3n) is 4.71. The van der Waals surface area contributed by atoms with Crippen LogP contribution in [0.5, 0.6) is 0 Å². The fourth-order valence-corrected chi connectivity index (χ4v) is 3.25. The second kappa shape index (κ2) is 7.34. The van der Waals surface area contributed by atoms with Crippen molar-refractivity contribution in [1.29, 1.82) is 0 Å². The number of ketones is 1. The number of benzene rings is 1. The fraction of sp³-hybridized carbons (Fsp3) is 0.333. The van der Waals surface area contributed by atoms with Crippen molar-refractivity contribution in [2.45, 2.75) is 19.8 Å². The highest BCUT2D eigenvalue weighted by atomic mass is 19.1. The molecular formula is C18H16F3N3O3. The molecule has 0 unspecified atom stereocenters. The molecule has 0 atom stereocenters. The number of nitrogens with zero attached hydrogens (tertiary/aromatic N) is 3. The lowest BCUT2D eigenvalue weighted by atomic mass is 9.88. The van der Waals surface area contributed by atoms with Crippen molar-refractivity contribution in [3.05, 3.63) is 63.1 Å². The zero-order valence-corrected chi connectivity index (χ0v) is 14.4. The average molecular weight is 379 g/mol. The van der Waals surface area contributed by atoms with Gasteiger partial charge in [-0.05, 0) is 25.8 Å². The number of rotatable bonds is 4. The molecule has 1 saturated heterocycles. The lowest BCUT2D eigenvalue weighted by Gasteiger charge is -2.32. The Bertz CT molecular complexity index is 889. The Morgan fingerprint density at radius 1 is 1.19 bits per heavy atom. The molecule has 1 aliphatic rings. The molecule has 0 radical (unpaired) electrons. The predicted octanol–water partition coefficient (Wildman–Crippen LogP) is 3.81. The average Bonchev–Trinajstić information content (AvgIpc) is 2.60. The van der Waals surface area contributed by atoms with Crippen LogP contribution in [-0.4, -0.2) is 28.8 Å². The molecule has 6 nitrogen and oxygen atoms in total. The van der Waals surface area contributed by atoms with E-state index in [2.05, 4.69) is 4.98 Å². The molecule has 0 bridgehead atoms. The van der Waals surface area contributed by atoms with Gasteiger partial charge in [0.25, 0.3) is 5.69 Å². The fourth-order valence-electron chi connectivity index (χ4n) is 3.25. The summed E-state index contributed by atoms with van der Waals surface area (Å²) in [5.74, 6) is -4.20. The number of halogens is 3. The van der Waals surface area contributed by atoms with E-state index >= 15 is 0 Å². The molecule has 2 aromatic rings. The van der Waals surface area contributed by atoms with E-state index in [0.29, 0.717) is 49.4 Å². The Morgan fingerprint density at radius 2 is 1.78 bits per heavy atom. The molecule has 0 N–H and O–H groups in total. The van der Waals surface area contributed by atoms with Crippen molar-refractivity contribution in [3.63, 3.8) is 0 Å². The molecule has 142 valence electrons. The van der Waals surface area contributed by atoms with Crippen LogP contribution in [0.15, 0.2) is 24.4 Å². The molecule has 0 aliphatic carbocycles. The van der Waals surface area contributed by atoms with E-state index in [9.17, 15) is 28.1 Å². The number of anilines is 1. The highest BCUT2D eigenvalue weighted by Crippen LogP contribution is 2.28. The normalized spacial score (nSPS) is 15.0. The first-order chi connectivity index (χ1) is 12.8. The van der Waals surface area contributed by atoms with E-state index in [0.717, 1.165) is 0 Å². The number of pyridine rings is 1. The highest BCUT2D eigenvalue weighted by Gasteiger charge is 2.30. The van der Waals surface area contributed by atoms with Gasteiger partial charge in [0.15, 0.2) is 5.78 Å². The standard InChI is InChI=1S/C18H16F3N3O3/c1-10-6-16(22-9-15(10)24(26)27)23-4-2-11(3-5-23)18(25)17-13(20)7-12(19)8-14(17)21/h6-9,11H,2-5H2,1H3. The Hall–Kier alpha value is -2.97. The molecule has 1 fully saturated rings. The zero-order chi connectivity index (χ0) is 19.7. The number of hydrogen-bond donors (Lipinski definition) is 0. The van der Waals surface area contributed by atoms with Gasteiger partial charge in [0.2, 0.25) is 0 Å². The van der Waals surface area contributed by atoms with Gasteiger partial charge in [-0.1, -0.05) is 0 Å². The minimum Gasteiger partial charge on any atom is -0.357 e. The maximum Gasteiger partial charge on any atom is 0.290 e. The zero-order valence-electron chi connectivity index (χ0n) is 14.4. The Balaban J connectivity index is 1.71. The topological polar surface area (TPSA) is 76.3 Å². The number of carbonyl (C=O) groups is 1. The molecular weight excluding hydrogens is 363 g/mol. The third kappa shape index (κ3) is 3.76. The number of aromatic nitrogens is 1. The number of carbonyl (C=O) groups excluding carboxylic acids is 1. The van der Waals surface area contributed by atoms with Gasteiger partial charge in [-0.2, -0.15) is 0 Å². The Kier molecular flexibility index (Phi) is 5.11. The Morgan fingerprint density at radius 3 is 2.30 bits per heavy atom. The lowest BCUT2D eigenvalue weighted by molar-refractivity contribution is -0.385. The van der Waals surface area contributed by atoms with Gasteiger partial charge in [0.05, 0.1) is 10.5 Å². The second-order valence-corrected chi connectivity index (χ2v) is 6.46. The van der Waals surface area contributed by atoms with Crippen LogP contribution < -0.4 is 4.90 Å². The van der Waals surface area contributed by atoms with Gasteiger partial charge in [0.1, 0.15) is 29.5 Å². The van der Waals surface area contributed by atoms with Crippen LogP contribution in [-0.2, 0) is 0 Å². The molecule has 2 heterocycles.